The fourth-order valence-electron chi connectivity index (χ4n) is 2.34. The summed E-state index contributed by atoms with van der Waals surface area (Å²) in [5.74, 6) is 2.06. The first-order valence-electron chi connectivity index (χ1n) is 7.12. The van der Waals surface area contributed by atoms with Crippen LogP contribution < -0.4 is 19.5 Å². The summed E-state index contributed by atoms with van der Waals surface area (Å²) in [6, 6.07) is 5.62. The van der Waals surface area contributed by atoms with Crippen molar-refractivity contribution in [3.63, 3.8) is 0 Å². The van der Waals surface area contributed by atoms with Gasteiger partial charge in [-0.15, -0.1) is 0 Å². The maximum Gasteiger partial charge on any atom is 0.203 e. The summed E-state index contributed by atoms with van der Waals surface area (Å²) in [5, 5.41) is 2.23. The molecule has 0 bridgehead atoms. The van der Waals surface area contributed by atoms with Crippen LogP contribution in [0.5, 0.6) is 17.2 Å². The highest BCUT2D eigenvalue weighted by Crippen LogP contribution is 2.36. The minimum absolute atomic E-state index is 0.413. The van der Waals surface area contributed by atoms with Crippen molar-refractivity contribution in [2.24, 2.45) is 0 Å². The van der Waals surface area contributed by atoms with E-state index in [1.54, 1.807) is 14.2 Å². The van der Waals surface area contributed by atoms with Gasteiger partial charge in [0.25, 0.3) is 0 Å². The van der Waals surface area contributed by atoms with Crippen LogP contribution in [0.2, 0.25) is 0 Å². The minimum atomic E-state index is 0.413. The molecule has 1 saturated heterocycles. The van der Waals surface area contributed by atoms with Crippen LogP contribution in [-0.4, -0.2) is 46.6 Å². The van der Waals surface area contributed by atoms with Crippen LogP contribution in [0.1, 0.15) is 12.8 Å². The molecule has 1 fully saturated rings. The lowest BCUT2D eigenvalue weighted by molar-refractivity contribution is -0.661. The molecule has 2 N–H and O–H groups in total. The van der Waals surface area contributed by atoms with Gasteiger partial charge in [0.1, 0.15) is 25.8 Å². The monoisotopic (exact) mass is 282 g/mol. The van der Waals surface area contributed by atoms with Crippen molar-refractivity contribution >= 4 is 0 Å². The van der Waals surface area contributed by atoms with E-state index in [1.807, 2.05) is 18.2 Å². The molecule has 1 aliphatic rings. The molecular weight excluding hydrogens is 258 g/mol. The molecule has 1 heterocycles. The molecule has 0 spiro atoms. The number of para-hydroxylation sites is 1. The first kappa shape index (κ1) is 14.9. The summed E-state index contributed by atoms with van der Waals surface area (Å²) in [5.41, 5.74) is 0. The number of ether oxygens (including phenoxy) is 4. The van der Waals surface area contributed by atoms with Crippen molar-refractivity contribution in [2.75, 3.05) is 40.5 Å². The molecule has 5 nitrogen and oxygen atoms in total. The number of benzene rings is 1. The Balaban J connectivity index is 1.75. The topological polar surface area (TPSA) is 53.5 Å². The van der Waals surface area contributed by atoms with Gasteiger partial charge in [0.05, 0.1) is 14.2 Å². The molecule has 0 amide bonds. The summed E-state index contributed by atoms with van der Waals surface area (Å²) in [6.07, 6.45) is 2.78. The van der Waals surface area contributed by atoms with Gasteiger partial charge < -0.3 is 24.3 Å². The standard InChI is InChI=1S/C15H23NO4/c1-17-13-6-3-7-14(18-2)15(13)20-10-8-16-11-12-5-4-9-19-12/h3,6-7,12,16H,4-5,8-11H2,1-2H3/p+1/t12-/m1/s1. The van der Waals surface area contributed by atoms with Gasteiger partial charge in [0.2, 0.25) is 5.75 Å². The maximum atomic E-state index is 5.79. The molecule has 0 unspecified atom stereocenters. The van der Waals surface area contributed by atoms with Crippen molar-refractivity contribution in [3.8, 4) is 17.2 Å². The van der Waals surface area contributed by atoms with Gasteiger partial charge in [0.15, 0.2) is 11.5 Å². The zero-order valence-electron chi connectivity index (χ0n) is 12.3. The first-order chi connectivity index (χ1) is 9.85. The normalized spacial score (nSPS) is 18.0. The lowest BCUT2D eigenvalue weighted by Crippen LogP contribution is -2.87. The van der Waals surface area contributed by atoms with Crippen LogP contribution in [0.3, 0.4) is 0 Å². The van der Waals surface area contributed by atoms with Gasteiger partial charge in [-0.3, -0.25) is 0 Å². The molecule has 0 saturated carbocycles. The Kier molecular flexibility index (Phi) is 5.95. The molecule has 20 heavy (non-hydrogen) atoms. The summed E-state index contributed by atoms with van der Waals surface area (Å²) in [6.45, 7) is 3.42. The average Bonchev–Trinajstić information content (AvgIpc) is 3.00. The Morgan fingerprint density at radius 2 is 2.00 bits per heavy atom. The molecule has 1 atom stereocenters. The van der Waals surface area contributed by atoms with E-state index >= 15 is 0 Å². The quantitative estimate of drug-likeness (QED) is 0.717. The third-order valence-electron chi connectivity index (χ3n) is 3.40. The van der Waals surface area contributed by atoms with E-state index in [0.717, 1.165) is 19.7 Å². The van der Waals surface area contributed by atoms with Crippen LogP contribution in [0.25, 0.3) is 0 Å². The fourth-order valence-corrected chi connectivity index (χ4v) is 2.34. The highest BCUT2D eigenvalue weighted by atomic mass is 16.5. The van der Waals surface area contributed by atoms with Gasteiger partial charge in [-0.25, -0.2) is 0 Å². The number of hydrogen-bond acceptors (Lipinski definition) is 4. The van der Waals surface area contributed by atoms with Crippen molar-refractivity contribution in [1.82, 2.24) is 0 Å². The molecule has 1 aromatic carbocycles. The Morgan fingerprint density at radius 1 is 1.25 bits per heavy atom. The van der Waals surface area contributed by atoms with E-state index in [9.17, 15) is 0 Å². The summed E-state index contributed by atoms with van der Waals surface area (Å²) in [7, 11) is 3.26. The fraction of sp³-hybridized carbons (Fsp3) is 0.600. The van der Waals surface area contributed by atoms with Crippen molar-refractivity contribution in [2.45, 2.75) is 18.9 Å². The van der Waals surface area contributed by atoms with Crippen molar-refractivity contribution in [1.29, 1.82) is 0 Å². The first-order valence-corrected chi connectivity index (χ1v) is 7.12. The van der Waals surface area contributed by atoms with Crippen LogP contribution in [0.15, 0.2) is 18.2 Å². The lowest BCUT2D eigenvalue weighted by Gasteiger charge is -2.14. The number of quaternary nitrogens is 1. The molecule has 112 valence electrons. The Morgan fingerprint density at radius 3 is 2.60 bits per heavy atom. The molecule has 0 aliphatic carbocycles. The van der Waals surface area contributed by atoms with Gasteiger partial charge >= 0.3 is 0 Å². The number of rotatable bonds is 8. The second-order valence-corrected chi connectivity index (χ2v) is 4.79. The minimum Gasteiger partial charge on any atom is -0.493 e. The van der Waals surface area contributed by atoms with Gasteiger partial charge in [0, 0.05) is 6.61 Å². The van der Waals surface area contributed by atoms with E-state index in [1.165, 1.54) is 12.8 Å². The van der Waals surface area contributed by atoms with Gasteiger partial charge in [-0.05, 0) is 25.0 Å². The number of methoxy groups -OCH3 is 2. The predicted molar refractivity (Wildman–Crippen MR) is 75.7 cm³/mol. The maximum absolute atomic E-state index is 5.79. The van der Waals surface area contributed by atoms with Gasteiger partial charge in [-0.1, -0.05) is 6.07 Å². The molecule has 5 heteroatoms. The van der Waals surface area contributed by atoms with Crippen molar-refractivity contribution < 1.29 is 24.3 Å². The van der Waals surface area contributed by atoms with Crippen LogP contribution in [-0.2, 0) is 4.74 Å². The molecule has 1 aliphatic heterocycles. The largest absolute Gasteiger partial charge is 0.493 e. The second-order valence-electron chi connectivity index (χ2n) is 4.79. The molecule has 0 radical (unpaired) electrons. The third kappa shape index (κ3) is 4.02. The SMILES string of the molecule is COc1cccc(OC)c1OCC[NH2+]C[C@H]1CCCO1. The number of nitrogens with two attached hydrogens (primary N) is 1. The number of hydrogen-bond donors (Lipinski definition) is 1. The Labute approximate surface area is 120 Å². The van der Waals surface area contributed by atoms with E-state index in [4.69, 9.17) is 18.9 Å². The van der Waals surface area contributed by atoms with E-state index in [-0.39, 0.29) is 0 Å². The van der Waals surface area contributed by atoms with E-state index in [2.05, 4.69) is 5.32 Å². The second kappa shape index (κ2) is 7.97. The molecule has 0 aromatic heterocycles. The Bertz CT molecular complexity index is 383. The van der Waals surface area contributed by atoms with Crippen molar-refractivity contribution in [3.05, 3.63) is 18.2 Å². The lowest BCUT2D eigenvalue weighted by atomic mass is 10.2. The highest BCUT2D eigenvalue weighted by molar-refractivity contribution is 5.51. The summed E-state index contributed by atoms with van der Waals surface area (Å²) < 4.78 is 22.0. The van der Waals surface area contributed by atoms with Gasteiger partial charge in [-0.2, -0.15) is 0 Å². The Hall–Kier alpha value is -1.46. The molecule has 1 aromatic rings. The molecular formula is C15H24NO4+. The summed E-state index contributed by atoms with van der Waals surface area (Å²) in [4.78, 5) is 0. The zero-order valence-corrected chi connectivity index (χ0v) is 12.3. The predicted octanol–water partition coefficient (Wildman–Crippen LogP) is 0.825. The van der Waals surface area contributed by atoms with E-state index < -0.39 is 0 Å². The van der Waals surface area contributed by atoms with Crippen LogP contribution in [0, 0.1) is 0 Å². The van der Waals surface area contributed by atoms with E-state index in [0.29, 0.717) is 30.0 Å². The average molecular weight is 282 g/mol. The smallest absolute Gasteiger partial charge is 0.203 e. The van der Waals surface area contributed by atoms with Crippen LogP contribution >= 0.6 is 0 Å². The molecule has 2 rings (SSSR count). The third-order valence-corrected chi connectivity index (χ3v) is 3.40. The highest BCUT2D eigenvalue weighted by Gasteiger charge is 2.17. The van der Waals surface area contributed by atoms with Crippen LogP contribution in [0.4, 0.5) is 0 Å². The summed E-state index contributed by atoms with van der Waals surface area (Å²) >= 11 is 0. The zero-order chi connectivity index (χ0) is 14.2.